The lowest BCUT2D eigenvalue weighted by molar-refractivity contribution is 0.0724. The molecule has 1 aromatic heterocycles. The van der Waals surface area contributed by atoms with Crippen LogP contribution in [0.1, 0.15) is 54.2 Å². The highest BCUT2D eigenvalue weighted by atomic mass is 35.5. The van der Waals surface area contributed by atoms with E-state index in [-0.39, 0.29) is 22.8 Å². The van der Waals surface area contributed by atoms with E-state index in [0.717, 1.165) is 18.4 Å². The molecule has 126 valence electrons. The number of aromatic nitrogens is 1. The molecule has 1 amide bonds. The molecule has 1 aromatic carbocycles. The van der Waals surface area contributed by atoms with E-state index in [1.165, 1.54) is 5.56 Å². The Balaban J connectivity index is 1.82. The number of carbonyl (C=O) groups is 1. The molecule has 1 aliphatic carbocycles. The first-order valence-electron chi connectivity index (χ1n) is 8.17. The van der Waals surface area contributed by atoms with Crippen LogP contribution in [0.25, 0.3) is 0 Å². The van der Waals surface area contributed by atoms with Gasteiger partial charge in [-0.3, -0.25) is 4.79 Å². The fourth-order valence-corrected chi connectivity index (χ4v) is 3.00. The Kier molecular flexibility index (Phi) is 5.12. The van der Waals surface area contributed by atoms with Gasteiger partial charge in [0, 0.05) is 12.6 Å². The first-order chi connectivity index (χ1) is 11.5. The summed E-state index contributed by atoms with van der Waals surface area (Å²) >= 11 is 12.1. The molecule has 2 aromatic rings. The number of amides is 1. The fraction of sp³-hybridized carbons (Fsp3) is 0.368. The SMILES string of the molecule is CC(C)c1ccc(CN(C(=O)c2nc(Cl)ccc2Cl)C2CC2)cc1. The number of halogens is 2. The predicted molar refractivity (Wildman–Crippen MR) is 97.7 cm³/mol. The second-order valence-corrected chi connectivity index (χ2v) is 7.32. The minimum atomic E-state index is -0.155. The Hall–Kier alpha value is -1.58. The maximum Gasteiger partial charge on any atom is 0.274 e. The molecule has 24 heavy (non-hydrogen) atoms. The summed E-state index contributed by atoms with van der Waals surface area (Å²) in [6.45, 7) is 4.90. The van der Waals surface area contributed by atoms with Crippen LogP contribution >= 0.6 is 23.2 Å². The summed E-state index contributed by atoms with van der Waals surface area (Å²) in [5, 5.41) is 0.616. The van der Waals surface area contributed by atoms with Crippen LogP contribution in [0.2, 0.25) is 10.2 Å². The third-order valence-electron chi connectivity index (χ3n) is 4.26. The molecule has 0 aliphatic heterocycles. The van der Waals surface area contributed by atoms with E-state index in [4.69, 9.17) is 23.2 Å². The maximum absolute atomic E-state index is 12.9. The van der Waals surface area contributed by atoms with E-state index in [9.17, 15) is 4.79 Å². The zero-order valence-corrected chi connectivity index (χ0v) is 15.3. The van der Waals surface area contributed by atoms with E-state index < -0.39 is 0 Å². The number of rotatable bonds is 5. The molecular formula is C19H20Cl2N2O. The van der Waals surface area contributed by atoms with Gasteiger partial charge in [0.1, 0.15) is 10.8 Å². The summed E-state index contributed by atoms with van der Waals surface area (Å²) in [7, 11) is 0. The van der Waals surface area contributed by atoms with Crippen LogP contribution in [0.5, 0.6) is 0 Å². The van der Waals surface area contributed by atoms with Crippen molar-refractivity contribution in [2.75, 3.05) is 0 Å². The number of hydrogen-bond acceptors (Lipinski definition) is 2. The van der Waals surface area contributed by atoms with Gasteiger partial charge >= 0.3 is 0 Å². The van der Waals surface area contributed by atoms with Gasteiger partial charge in [-0.25, -0.2) is 4.98 Å². The van der Waals surface area contributed by atoms with Crippen molar-refractivity contribution in [3.63, 3.8) is 0 Å². The van der Waals surface area contributed by atoms with Crippen LogP contribution in [-0.2, 0) is 6.54 Å². The van der Waals surface area contributed by atoms with Crippen LogP contribution in [0.4, 0.5) is 0 Å². The normalized spacial score (nSPS) is 14.0. The molecule has 5 heteroatoms. The number of pyridine rings is 1. The van der Waals surface area contributed by atoms with Crippen molar-refractivity contribution in [3.8, 4) is 0 Å². The Morgan fingerprint density at radius 3 is 2.42 bits per heavy atom. The minimum Gasteiger partial charge on any atom is -0.330 e. The molecule has 0 spiro atoms. The van der Waals surface area contributed by atoms with Gasteiger partial charge < -0.3 is 4.90 Å². The minimum absolute atomic E-state index is 0.155. The molecule has 1 heterocycles. The Bertz CT molecular complexity index is 740. The predicted octanol–water partition coefficient (Wildman–Crippen LogP) is 5.32. The average Bonchev–Trinajstić information content (AvgIpc) is 3.39. The first kappa shape index (κ1) is 17.2. The average molecular weight is 363 g/mol. The zero-order valence-electron chi connectivity index (χ0n) is 13.8. The quantitative estimate of drug-likeness (QED) is 0.674. The molecule has 1 fully saturated rings. The molecule has 0 unspecified atom stereocenters. The van der Waals surface area contributed by atoms with Gasteiger partial charge in [-0.2, -0.15) is 0 Å². The molecule has 0 N–H and O–H groups in total. The van der Waals surface area contributed by atoms with Crippen molar-refractivity contribution in [2.45, 2.75) is 45.2 Å². The van der Waals surface area contributed by atoms with Crippen LogP contribution in [0.3, 0.4) is 0 Å². The molecule has 0 saturated heterocycles. The number of hydrogen-bond donors (Lipinski definition) is 0. The van der Waals surface area contributed by atoms with Crippen molar-refractivity contribution >= 4 is 29.1 Å². The van der Waals surface area contributed by atoms with Crippen LogP contribution < -0.4 is 0 Å². The second kappa shape index (κ2) is 7.12. The fourth-order valence-electron chi connectivity index (χ4n) is 2.66. The third-order valence-corrected chi connectivity index (χ3v) is 4.78. The lowest BCUT2D eigenvalue weighted by Crippen LogP contribution is -2.33. The van der Waals surface area contributed by atoms with Crippen molar-refractivity contribution in [1.29, 1.82) is 0 Å². The van der Waals surface area contributed by atoms with Gasteiger partial charge in [0.25, 0.3) is 5.91 Å². The molecule has 3 rings (SSSR count). The molecule has 0 bridgehead atoms. The largest absolute Gasteiger partial charge is 0.330 e. The van der Waals surface area contributed by atoms with Crippen LogP contribution in [-0.4, -0.2) is 21.8 Å². The van der Waals surface area contributed by atoms with E-state index in [1.807, 2.05) is 4.90 Å². The highest BCUT2D eigenvalue weighted by molar-refractivity contribution is 6.34. The number of nitrogens with zero attached hydrogens (tertiary/aromatic N) is 2. The third kappa shape index (κ3) is 3.90. The smallest absolute Gasteiger partial charge is 0.274 e. The van der Waals surface area contributed by atoms with Gasteiger partial charge in [-0.05, 0) is 42.0 Å². The summed E-state index contributed by atoms with van der Waals surface area (Å²) in [5.74, 6) is 0.340. The monoisotopic (exact) mass is 362 g/mol. The van der Waals surface area contributed by atoms with Crippen LogP contribution in [0.15, 0.2) is 36.4 Å². The van der Waals surface area contributed by atoms with Gasteiger partial charge in [0.05, 0.1) is 5.02 Å². The van der Waals surface area contributed by atoms with Gasteiger partial charge in [-0.15, -0.1) is 0 Å². The first-order valence-corrected chi connectivity index (χ1v) is 8.93. The summed E-state index contributed by atoms with van der Waals surface area (Å²) in [6.07, 6.45) is 2.04. The summed E-state index contributed by atoms with van der Waals surface area (Å²) in [5.41, 5.74) is 2.63. The topological polar surface area (TPSA) is 33.2 Å². The lowest BCUT2D eigenvalue weighted by atomic mass is 10.0. The Morgan fingerprint density at radius 2 is 1.83 bits per heavy atom. The standard InChI is InChI=1S/C19H20Cl2N2O/c1-12(2)14-5-3-13(4-6-14)11-23(15-7-8-15)19(24)18-16(20)9-10-17(21)22-18/h3-6,9-10,12,15H,7-8,11H2,1-2H3. The van der Waals surface area contributed by atoms with Crippen molar-refractivity contribution in [3.05, 3.63) is 63.4 Å². The van der Waals surface area contributed by atoms with Crippen molar-refractivity contribution < 1.29 is 4.79 Å². The number of carbonyl (C=O) groups excluding carboxylic acids is 1. The lowest BCUT2D eigenvalue weighted by Gasteiger charge is -2.23. The summed E-state index contributed by atoms with van der Waals surface area (Å²) < 4.78 is 0. The van der Waals surface area contributed by atoms with Crippen molar-refractivity contribution in [2.24, 2.45) is 0 Å². The second-order valence-electron chi connectivity index (χ2n) is 6.52. The molecular weight excluding hydrogens is 343 g/mol. The maximum atomic E-state index is 12.9. The highest BCUT2D eigenvalue weighted by Gasteiger charge is 2.34. The highest BCUT2D eigenvalue weighted by Crippen LogP contribution is 2.31. The summed E-state index contributed by atoms with van der Waals surface area (Å²) in [6, 6.07) is 11.9. The molecule has 1 saturated carbocycles. The van der Waals surface area contributed by atoms with Gasteiger partial charge in [0.2, 0.25) is 0 Å². The van der Waals surface area contributed by atoms with Gasteiger partial charge in [0.15, 0.2) is 0 Å². The van der Waals surface area contributed by atoms with Gasteiger partial charge in [-0.1, -0.05) is 61.3 Å². The molecule has 3 nitrogen and oxygen atoms in total. The number of benzene rings is 1. The van der Waals surface area contributed by atoms with E-state index in [2.05, 4.69) is 43.1 Å². The van der Waals surface area contributed by atoms with Crippen LogP contribution in [0, 0.1) is 0 Å². The molecule has 0 atom stereocenters. The van der Waals surface area contributed by atoms with E-state index in [0.29, 0.717) is 17.5 Å². The Morgan fingerprint density at radius 1 is 1.17 bits per heavy atom. The Labute approximate surface area is 152 Å². The van der Waals surface area contributed by atoms with Crippen molar-refractivity contribution in [1.82, 2.24) is 9.88 Å². The summed E-state index contributed by atoms with van der Waals surface area (Å²) in [4.78, 5) is 18.9. The molecule has 0 radical (unpaired) electrons. The van der Waals surface area contributed by atoms with E-state index in [1.54, 1.807) is 12.1 Å². The zero-order chi connectivity index (χ0) is 17.3. The molecule has 1 aliphatic rings. The van der Waals surface area contributed by atoms with E-state index >= 15 is 0 Å².